The van der Waals surface area contributed by atoms with Gasteiger partial charge in [0.05, 0.1) is 26.9 Å². The van der Waals surface area contributed by atoms with Gasteiger partial charge in [-0.25, -0.2) is 13.4 Å². The van der Waals surface area contributed by atoms with Gasteiger partial charge in [-0.15, -0.1) is 0 Å². The highest BCUT2D eigenvalue weighted by molar-refractivity contribution is 7.92. The number of ether oxygens (including phenoxy) is 1. The number of pyridine rings is 2. The summed E-state index contributed by atoms with van der Waals surface area (Å²) < 4.78 is 73.9. The smallest absolute Gasteiger partial charge is 0.363 e. The van der Waals surface area contributed by atoms with Crippen molar-refractivity contribution in [2.45, 2.75) is 18.0 Å². The number of H-pyrrole nitrogens is 1. The molecular weight excluding hydrogens is 519 g/mol. The molecule has 0 spiro atoms. The van der Waals surface area contributed by atoms with E-state index in [1.807, 2.05) is 0 Å². The number of anilines is 1. The van der Waals surface area contributed by atoms with Gasteiger partial charge in [0.25, 0.3) is 10.0 Å². The number of aromatic amines is 1. The Labute approximate surface area is 209 Å². The molecule has 0 radical (unpaired) electrons. The van der Waals surface area contributed by atoms with Crippen LogP contribution in [0.4, 0.5) is 18.9 Å². The number of rotatable bonds is 7. The van der Waals surface area contributed by atoms with Crippen LogP contribution in [0, 0.1) is 6.92 Å². The van der Waals surface area contributed by atoms with Crippen molar-refractivity contribution in [3.63, 3.8) is 0 Å². The van der Waals surface area contributed by atoms with E-state index in [0.717, 1.165) is 12.1 Å². The molecule has 188 valence electrons. The minimum Gasteiger partial charge on any atom is -0.363 e. The Morgan fingerprint density at radius 3 is 2.69 bits per heavy atom. The zero-order valence-corrected chi connectivity index (χ0v) is 20.5. The van der Waals surface area contributed by atoms with Gasteiger partial charge in [-0.2, -0.15) is 13.2 Å². The fourth-order valence-corrected chi connectivity index (χ4v) is 4.81. The predicted molar refractivity (Wildman–Crippen MR) is 130 cm³/mol. The molecule has 0 saturated heterocycles. The van der Waals surface area contributed by atoms with E-state index in [-0.39, 0.29) is 34.4 Å². The molecular formula is C23H19ClF3N5O3S. The summed E-state index contributed by atoms with van der Waals surface area (Å²) in [4.78, 5) is 15.4. The first kappa shape index (κ1) is 25.6. The molecule has 36 heavy (non-hydrogen) atoms. The molecule has 3 heterocycles. The van der Waals surface area contributed by atoms with Gasteiger partial charge in [0.1, 0.15) is 18.1 Å². The largest absolute Gasteiger partial charge is 0.416 e. The second kappa shape index (κ2) is 9.88. The van der Waals surface area contributed by atoms with E-state index >= 15 is 0 Å². The number of nitrogens with one attached hydrogen (secondary N) is 2. The van der Waals surface area contributed by atoms with E-state index in [1.54, 1.807) is 24.5 Å². The summed E-state index contributed by atoms with van der Waals surface area (Å²) in [6.45, 7) is 1.17. The molecule has 0 atom stereocenters. The highest BCUT2D eigenvalue weighted by Gasteiger charge is 2.34. The van der Waals surface area contributed by atoms with Gasteiger partial charge in [0.2, 0.25) is 0 Å². The average Bonchev–Trinajstić information content (AvgIpc) is 3.29. The lowest BCUT2D eigenvalue weighted by atomic mass is 10.0. The molecule has 3 aromatic heterocycles. The zero-order chi connectivity index (χ0) is 26.1. The molecule has 4 aromatic rings. The molecule has 0 bridgehead atoms. The van der Waals surface area contributed by atoms with Crippen molar-refractivity contribution in [3.05, 3.63) is 82.4 Å². The van der Waals surface area contributed by atoms with Crippen LogP contribution in [0.15, 0.2) is 64.9 Å². The molecule has 0 saturated carbocycles. The third-order valence-corrected chi connectivity index (χ3v) is 6.78. The lowest BCUT2D eigenvalue weighted by Gasteiger charge is -2.16. The van der Waals surface area contributed by atoms with Crippen molar-refractivity contribution in [1.82, 2.24) is 15.0 Å². The third kappa shape index (κ3) is 5.20. The first-order valence-electron chi connectivity index (χ1n) is 10.3. The van der Waals surface area contributed by atoms with Crippen LogP contribution < -0.4 is 4.72 Å². The van der Waals surface area contributed by atoms with Crippen LogP contribution >= 0.6 is 11.6 Å². The first-order valence-corrected chi connectivity index (χ1v) is 12.2. The molecule has 0 amide bonds. The van der Waals surface area contributed by atoms with E-state index in [0.29, 0.717) is 22.7 Å². The number of halogens is 4. The number of hydrogen-bond acceptors (Lipinski definition) is 6. The number of aromatic nitrogens is 3. The van der Waals surface area contributed by atoms with Gasteiger partial charge >= 0.3 is 6.18 Å². The van der Waals surface area contributed by atoms with Gasteiger partial charge in [-0.3, -0.25) is 14.7 Å². The number of nitrogens with zero attached hydrogens (tertiary/aromatic N) is 3. The molecule has 13 heteroatoms. The standard InChI is InChI=1S/C23H19ClF3N5O3S/c1-13-3-4-15(10-18(13)23(25,26)27)36(33,34)32-19-9-14(24)11-30-21(19)20(31-12-35-2)16-5-7-28-22-17(16)6-8-29-22/h3-11,32H,12H2,1-2H3,(H,28,29)/b31-20+. The third-order valence-electron chi connectivity index (χ3n) is 5.21. The molecule has 2 N–H and O–H groups in total. The molecule has 1 aromatic carbocycles. The quantitative estimate of drug-likeness (QED) is 0.316. The van der Waals surface area contributed by atoms with Crippen molar-refractivity contribution >= 4 is 44.1 Å². The van der Waals surface area contributed by atoms with Crippen molar-refractivity contribution in [1.29, 1.82) is 0 Å². The van der Waals surface area contributed by atoms with Crippen LogP contribution in [0.5, 0.6) is 0 Å². The maximum atomic E-state index is 13.4. The normalized spacial score (nSPS) is 12.8. The molecule has 0 fully saturated rings. The summed E-state index contributed by atoms with van der Waals surface area (Å²) in [7, 11) is -3.03. The number of hydrogen-bond donors (Lipinski definition) is 2. The fraction of sp³-hybridized carbons (Fsp3) is 0.174. The number of methoxy groups -OCH3 is 1. The zero-order valence-electron chi connectivity index (χ0n) is 18.9. The van der Waals surface area contributed by atoms with Gasteiger partial charge < -0.3 is 9.72 Å². The van der Waals surface area contributed by atoms with Gasteiger partial charge in [-0.1, -0.05) is 17.7 Å². The number of alkyl halides is 3. The minimum absolute atomic E-state index is 0.0764. The van der Waals surface area contributed by atoms with Crippen LogP contribution in [-0.2, 0) is 20.9 Å². The summed E-state index contributed by atoms with van der Waals surface area (Å²) in [6, 6.07) is 7.52. The Morgan fingerprint density at radius 2 is 1.97 bits per heavy atom. The maximum absolute atomic E-state index is 13.4. The van der Waals surface area contributed by atoms with Crippen LogP contribution in [0.25, 0.3) is 11.0 Å². The van der Waals surface area contributed by atoms with Crippen LogP contribution in [-0.4, -0.2) is 42.9 Å². The average molecular weight is 538 g/mol. The van der Waals surface area contributed by atoms with E-state index in [9.17, 15) is 21.6 Å². The van der Waals surface area contributed by atoms with Crippen LogP contribution in [0.2, 0.25) is 5.02 Å². The maximum Gasteiger partial charge on any atom is 0.416 e. The molecule has 0 aliphatic heterocycles. The number of sulfonamides is 1. The van der Waals surface area contributed by atoms with Crippen molar-refractivity contribution in [2.75, 3.05) is 18.6 Å². The predicted octanol–water partition coefficient (Wildman–Crippen LogP) is 5.18. The highest BCUT2D eigenvalue weighted by Crippen LogP contribution is 2.34. The summed E-state index contributed by atoms with van der Waals surface area (Å²) in [5.74, 6) is 0. The summed E-state index contributed by atoms with van der Waals surface area (Å²) in [6.07, 6.45) is -0.188. The molecule has 0 unspecified atom stereocenters. The van der Waals surface area contributed by atoms with Gasteiger partial charge in [0, 0.05) is 36.7 Å². The van der Waals surface area contributed by atoms with E-state index < -0.39 is 26.7 Å². The monoisotopic (exact) mass is 537 g/mol. The van der Waals surface area contributed by atoms with Gasteiger partial charge in [-0.05, 0) is 42.8 Å². The highest BCUT2D eigenvalue weighted by atomic mass is 35.5. The van der Waals surface area contributed by atoms with Crippen LogP contribution in [0.3, 0.4) is 0 Å². The second-order valence-electron chi connectivity index (χ2n) is 7.65. The van der Waals surface area contributed by atoms with E-state index in [2.05, 4.69) is 24.7 Å². The summed E-state index contributed by atoms with van der Waals surface area (Å²) in [5.41, 5.74) is 0.260. The lowest BCUT2D eigenvalue weighted by Crippen LogP contribution is -2.19. The Morgan fingerprint density at radius 1 is 1.19 bits per heavy atom. The Balaban J connectivity index is 1.84. The summed E-state index contributed by atoms with van der Waals surface area (Å²) in [5, 5.41) is 0.787. The first-order chi connectivity index (χ1) is 17.0. The molecule has 0 aliphatic carbocycles. The lowest BCUT2D eigenvalue weighted by molar-refractivity contribution is -0.138. The Hall–Kier alpha value is -3.48. The summed E-state index contributed by atoms with van der Waals surface area (Å²) >= 11 is 6.10. The minimum atomic E-state index is -4.72. The Kier molecular flexibility index (Phi) is 7.03. The molecule has 8 nitrogen and oxygen atoms in total. The SMILES string of the molecule is COC/N=C(/c1ncc(Cl)cc1NS(=O)(=O)c1ccc(C)c(C(F)(F)F)c1)c1ccnc2[nH]ccc12. The van der Waals surface area contributed by atoms with E-state index in [1.165, 1.54) is 26.3 Å². The number of aliphatic imine (C=N–C) groups is 1. The molecule has 0 aliphatic rings. The van der Waals surface area contributed by atoms with Crippen molar-refractivity contribution < 1.29 is 26.3 Å². The number of aryl methyl sites for hydroxylation is 1. The van der Waals surface area contributed by atoms with Crippen LogP contribution in [0.1, 0.15) is 22.4 Å². The van der Waals surface area contributed by atoms with Crippen molar-refractivity contribution in [3.8, 4) is 0 Å². The van der Waals surface area contributed by atoms with Gasteiger partial charge in [0.15, 0.2) is 0 Å². The van der Waals surface area contributed by atoms with E-state index in [4.69, 9.17) is 16.3 Å². The second-order valence-corrected chi connectivity index (χ2v) is 9.77. The van der Waals surface area contributed by atoms with Crippen molar-refractivity contribution in [2.24, 2.45) is 4.99 Å². The topological polar surface area (TPSA) is 109 Å². The Bertz CT molecular complexity index is 1570. The number of fused-ring (bicyclic) bond motifs is 1. The fourth-order valence-electron chi connectivity index (χ4n) is 3.57. The number of benzene rings is 1. The molecule has 4 rings (SSSR count).